The molecule has 9 N–H and O–H groups in total. The van der Waals surface area contributed by atoms with Crippen LogP contribution < -0.4 is 5.09 Å². The minimum Gasteiger partial charge on any atom is -0.596 e. The molecule has 3 rings (SSSR count). The van der Waals surface area contributed by atoms with Gasteiger partial charge in [0.05, 0.1) is 20.3 Å². The molecular formula is C25H36N8O8P3-3. The van der Waals surface area contributed by atoms with E-state index in [-0.39, 0.29) is 25.3 Å². The molecule has 0 spiro atoms. The minimum absolute atomic E-state index is 0.00742. The number of nitrogens with zero attached hydrogens (tertiary/aromatic N) is 1. The Morgan fingerprint density at radius 2 is 1.59 bits per heavy atom. The lowest BCUT2D eigenvalue weighted by atomic mass is 10.0. The van der Waals surface area contributed by atoms with Gasteiger partial charge in [0.15, 0.2) is 0 Å². The van der Waals surface area contributed by atoms with E-state index in [4.69, 9.17) is 54.6 Å². The molecule has 1 fully saturated rings. The maximum atomic E-state index is 12.5. The predicted octanol–water partition coefficient (Wildman–Crippen LogP) is 7.87. The Kier molecular flexibility index (Phi) is 13.2. The summed E-state index contributed by atoms with van der Waals surface area (Å²) in [6, 6.07) is 17.5. The summed E-state index contributed by atoms with van der Waals surface area (Å²) < 4.78 is 26.1. The SMILES string of the molecule is C/C=C\C(=NC(=O)CC[C@@H]1O[C@H](COP(=N)([NH-])OP(=N)([NH-])OP(=N)([NH-])Nc2ccccc2)C(O)C1O)OCc1ccccc1. The zero-order valence-corrected chi connectivity index (χ0v) is 26.4. The highest BCUT2D eigenvalue weighted by molar-refractivity contribution is 7.77. The van der Waals surface area contributed by atoms with Gasteiger partial charge in [0.1, 0.15) is 40.2 Å². The van der Waals surface area contributed by atoms with E-state index in [1.54, 1.807) is 49.4 Å². The normalized spacial score (nSPS) is 24.7. The Balaban J connectivity index is 1.49. The highest BCUT2D eigenvalue weighted by Crippen LogP contribution is 2.72. The first-order valence-corrected chi connectivity index (χ1v) is 18.1. The molecule has 1 heterocycles. The number of anilines is 1. The van der Waals surface area contributed by atoms with Crippen molar-refractivity contribution < 1.29 is 37.6 Å². The molecule has 1 saturated heterocycles. The second-order valence-corrected chi connectivity index (χ2v) is 14.7. The third-order valence-electron chi connectivity index (χ3n) is 5.83. The van der Waals surface area contributed by atoms with Gasteiger partial charge in [-0.2, -0.15) is 4.99 Å². The van der Waals surface area contributed by atoms with Crippen LogP contribution in [-0.2, 0) is 34.0 Å². The summed E-state index contributed by atoms with van der Waals surface area (Å²) in [6.07, 6.45) is -2.01. The smallest absolute Gasteiger partial charge is 0.249 e. The molecule has 16 nitrogen and oxygen atoms in total. The maximum Gasteiger partial charge on any atom is 0.249 e. The number of para-hydroxylation sites is 1. The summed E-state index contributed by atoms with van der Waals surface area (Å²) in [7, 11) is -13.0. The lowest BCUT2D eigenvalue weighted by Gasteiger charge is -2.40. The van der Waals surface area contributed by atoms with Crippen molar-refractivity contribution in [2.24, 2.45) is 4.99 Å². The van der Waals surface area contributed by atoms with Crippen LogP contribution in [0.2, 0.25) is 0 Å². The zero-order chi connectivity index (χ0) is 32.4. The van der Waals surface area contributed by atoms with Crippen molar-refractivity contribution in [3.8, 4) is 0 Å². The third kappa shape index (κ3) is 12.1. The molecule has 0 saturated carbocycles. The van der Waals surface area contributed by atoms with Crippen LogP contribution in [0.3, 0.4) is 0 Å². The van der Waals surface area contributed by atoms with Gasteiger partial charge >= 0.3 is 0 Å². The van der Waals surface area contributed by atoms with Crippen molar-refractivity contribution in [2.75, 3.05) is 11.7 Å². The second kappa shape index (κ2) is 16.1. The molecule has 5 unspecified atom stereocenters. The van der Waals surface area contributed by atoms with Crippen molar-refractivity contribution in [3.05, 3.63) is 94.9 Å². The number of allylic oxidation sites excluding steroid dienone is 1. The molecule has 0 aromatic heterocycles. The summed E-state index contributed by atoms with van der Waals surface area (Å²) in [4.78, 5) is 16.5. The molecule has 0 aliphatic carbocycles. The molecule has 19 heteroatoms. The van der Waals surface area contributed by atoms with E-state index < -0.39 is 59.8 Å². The average Bonchev–Trinajstić information content (AvgIpc) is 3.21. The number of carbonyl (C=O) groups excluding carboxylic acids is 1. The molecule has 1 aliphatic heterocycles. The van der Waals surface area contributed by atoms with Gasteiger partial charge in [-0.3, -0.25) is 24.6 Å². The fraction of sp³-hybridized carbons (Fsp3) is 0.360. The summed E-state index contributed by atoms with van der Waals surface area (Å²) in [5.74, 6) is -0.424. The summed E-state index contributed by atoms with van der Waals surface area (Å²) in [6.45, 7) is 1.36. The van der Waals surface area contributed by atoms with Gasteiger partial charge in [-0.05, 0) is 37.1 Å². The Labute approximate surface area is 255 Å². The fourth-order valence-corrected chi connectivity index (χ4v) is 8.19. The topological polar surface area (TPSA) is 271 Å². The maximum absolute atomic E-state index is 12.5. The van der Waals surface area contributed by atoms with Crippen LogP contribution in [0.25, 0.3) is 16.5 Å². The molecule has 2 aromatic carbocycles. The van der Waals surface area contributed by atoms with Crippen molar-refractivity contribution in [3.63, 3.8) is 0 Å². The fourth-order valence-electron chi connectivity index (χ4n) is 3.90. The van der Waals surface area contributed by atoms with Crippen LogP contribution >= 0.6 is 22.9 Å². The van der Waals surface area contributed by atoms with Crippen LogP contribution in [-0.4, -0.2) is 53.0 Å². The van der Waals surface area contributed by atoms with E-state index in [1.807, 2.05) is 30.3 Å². The Morgan fingerprint density at radius 1 is 0.977 bits per heavy atom. The second-order valence-electron chi connectivity index (χ2n) is 9.50. The van der Waals surface area contributed by atoms with E-state index in [0.29, 0.717) is 5.69 Å². The molecule has 1 amide bonds. The molecule has 2 aromatic rings. The van der Waals surface area contributed by atoms with Gasteiger partial charge < -0.3 is 50.1 Å². The van der Waals surface area contributed by atoms with Gasteiger partial charge in [-0.1, -0.05) is 54.6 Å². The number of aliphatic hydroxyl groups is 2. The standard InChI is InChI=1S/C25H36N8O8P3/c1-2-9-23(37-16-18-10-5-3-6-11-18)32-22(34)15-14-20-24(35)25(36)21(39-20)17-38-43(28,29)41-44(30,31)40-42(26,27)33-19-12-7-4-8-13-19/h2-13,20-21,24-25,35-36H,14-17H2,1H3,(H7-3,26,27,28,29,30,31,33)/q-3/b9-2-,32-23?/t20-,21+,24?,25?/m0/s1. The van der Waals surface area contributed by atoms with Crippen molar-refractivity contribution in [2.45, 2.75) is 50.8 Å². The van der Waals surface area contributed by atoms with Crippen molar-refractivity contribution in [1.82, 2.24) is 0 Å². The quantitative estimate of drug-likeness (QED) is 0.0610. The first kappa shape index (κ1) is 35.9. The molecule has 0 bridgehead atoms. The molecular weight excluding hydrogens is 633 g/mol. The van der Waals surface area contributed by atoms with E-state index in [1.165, 1.54) is 0 Å². The van der Waals surface area contributed by atoms with E-state index in [0.717, 1.165) is 5.56 Å². The van der Waals surface area contributed by atoms with Gasteiger partial charge in [0.2, 0.25) is 11.8 Å². The number of ether oxygens (including phenoxy) is 2. The molecule has 0 radical (unpaired) electrons. The molecule has 44 heavy (non-hydrogen) atoms. The number of benzene rings is 2. The summed E-state index contributed by atoms with van der Waals surface area (Å²) in [5.41, 5.74) is 25.2. The lowest BCUT2D eigenvalue weighted by Crippen LogP contribution is -2.34. The largest absolute Gasteiger partial charge is 0.596 e. The number of nitrogens with one attached hydrogen (secondary N) is 7. The first-order valence-electron chi connectivity index (χ1n) is 13.2. The number of hydrogen-bond acceptors (Lipinski definition) is 11. The van der Waals surface area contributed by atoms with E-state index >= 15 is 0 Å². The van der Waals surface area contributed by atoms with Crippen LogP contribution in [0, 0.1) is 15.5 Å². The summed E-state index contributed by atoms with van der Waals surface area (Å²) in [5, 5.41) is 47.3. The first-order chi connectivity index (χ1) is 20.7. The van der Waals surface area contributed by atoms with Crippen LogP contribution in [0.5, 0.6) is 0 Å². The number of aliphatic imine (C=N–C) groups is 1. The van der Waals surface area contributed by atoms with Crippen LogP contribution in [0.1, 0.15) is 25.3 Å². The van der Waals surface area contributed by atoms with Crippen LogP contribution in [0.4, 0.5) is 5.69 Å². The Morgan fingerprint density at radius 3 is 2.23 bits per heavy atom. The van der Waals surface area contributed by atoms with Crippen LogP contribution in [0.15, 0.2) is 77.8 Å². The number of amides is 1. The van der Waals surface area contributed by atoms with Crippen molar-refractivity contribution in [1.29, 1.82) is 15.5 Å². The Hall–Kier alpha value is -2.55. The number of aliphatic hydroxyl groups excluding tert-OH is 2. The van der Waals surface area contributed by atoms with E-state index in [2.05, 4.69) is 10.1 Å². The van der Waals surface area contributed by atoms with E-state index in [9.17, 15) is 15.0 Å². The number of rotatable bonds is 15. The highest BCUT2D eigenvalue weighted by atomic mass is 31.3. The van der Waals surface area contributed by atoms with Gasteiger partial charge in [0, 0.05) is 12.1 Å². The minimum atomic E-state index is -4.54. The predicted molar refractivity (Wildman–Crippen MR) is 168 cm³/mol. The van der Waals surface area contributed by atoms with Gasteiger partial charge in [-0.15, -0.1) is 0 Å². The molecule has 7 atom stereocenters. The Bertz CT molecular complexity index is 1450. The molecule has 1 aliphatic rings. The van der Waals surface area contributed by atoms with Gasteiger partial charge in [0.25, 0.3) is 0 Å². The van der Waals surface area contributed by atoms with Crippen molar-refractivity contribution >= 4 is 40.4 Å². The number of carbonyl (C=O) groups is 1. The lowest BCUT2D eigenvalue weighted by molar-refractivity contribution is -0.118. The van der Waals surface area contributed by atoms with Gasteiger partial charge in [-0.25, -0.2) is 0 Å². The summed E-state index contributed by atoms with van der Waals surface area (Å²) >= 11 is 0. The highest BCUT2D eigenvalue weighted by Gasteiger charge is 2.43. The number of hydrogen-bond donors (Lipinski definition) is 6. The monoisotopic (exact) mass is 669 g/mol. The molecule has 242 valence electrons. The average molecular weight is 670 g/mol. The third-order valence-corrected chi connectivity index (χ3v) is 10.7. The zero-order valence-electron chi connectivity index (χ0n) is 23.7.